The first-order chi connectivity index (χ1) is 12.9. The van der Waals surface area contributed by atoms with Gasteiger partial charge in [0.25, 0.3) is 5.91 Å². The van der Waals surface area contributed by atoms with Crippen LogP contribution in [0.1, 0.15) is 32.8 Å². The Balaban J connectivity index is 1.96. The summed E-state index contributed by atoms with van der Waals surface area (Å²) >= 11 is 0. The molecule has 3 atom stereocenters. The van der Waals surface area contributed by atoms with Crippen molar-refractivity contribution in [2.75, 3.05) is 13.2 Å². The zero-order valence-electron chi connectivity index (χ0n) is 16.1. The minimum absolute atomic E-state index is 0.224. The van der Waals surface area contributed by atoms with Gasteiger partial charge in [-0.15, -0.1) is 0 Å². The van der Waals surface area contributed by atoms with Crippen molar-refractivity contribution in [3.05, 3.63) is 35.9 Å². The molecule has 0 radical (unpaired) electrons. The van der Waals surface area contributed by atoms with Crippen molar-refractivity contribution < 1.29 is 23.9 Å². The van der Waals surface area contributed by atoms with Gasteiger partial charge in [-0.2, -0.15) is 0 Å². The minimum Gasteiger partial charge on any atom is -0.464 e. The number of benzene rings is 1. The maximum Gasteiger partial charge on any atom is 0.338 e. The van der Waals surface area contributed by atoms with Crippen LogP contribution in [0.15, 0.2) is 30.3 Å². The summed E-state index contributed by atoms with van der Waals surface area (Å²) in [6.45, 7) is 6.61. The minimum atomic E-state index is -0.897. The first-order valence-corrected chi connectivity index (χ1v) is 9.36. The SMILES string of the molecule is CCOC(=O)[C@H]1O[C@@H]1C(=O)N[C@@H](Cc1ccccc1)C(=O)NCCC(C)C. The fourth-order valence-corrected chi connectivity index (χ4v) is 2.64. The lowest BCUT2D eigenvalue weighted by molar-refractivity contribution is -0.144. The maximum absolute atomic E-state index is 12.6. The predicted octanol–water partition coefficient (Wildman–Crippen LogP) is 1.21. The molecule has 0 aromatic heterocycles. The Morgan fingerprint density at radius 3 is 2.48 bits per heavy atom. The van der Waals surface area contributed by atoms with Crippen LogP contribution in [-0.4, -0.2) is 49.2 Å². The highest BCUT2D eigenvalue weighted by atomic mass is 16.6. The van der Waals surface area contributed by atoms with Crippen LogP contribution in [0.4, 0.5) is 0 Å². The standard InChI is InChI=1S/C20H28N2O5/c1-4-26-20(25)17-16(27-17)19(24)22-15(12-14-8-6-5-7-9-14)18(23)21-11-10-13(2)3/h5-9,13,15-17H,4,10-12H2,1-3H3,(H,21,23)(H,22,24)/t15-,16-,17-/m0/s1. The fraction of sp³-hybridized carbons (Fsp3) is 0.550. The van der Waals surface area contributed by atoms with E-state index in [0.29, 0.717) is 18.9 Å². The first-order valence-electron chi connectivity index (χ1n) is 9.36. The Bertz CT molecular complexity index is 647. The van der Waals surface area contributed by atoms with Gasteiger partial charge in [0.15, 0.2) is 12.2 Å². The summed E-state index contributed by atoms with van der Waals surface area (Å²) in [7, 11) is 0. The lowest BCUT2D eigenvalue weighted by atomic mass is 10.0. The van der Waals surface area contributed by atoms with Crippen molar-refractivity contribution >= 4 is 17.8 Å². The molecule has 1 aliphatic heterocycles. The number of rotatable bonds is 10. The number of ether oxygens (including phenoxy) is 2. The molecule has 7 heteroatoms. The molecule has 2 rings (SSSR count). The third kappa shape index (κ3) is 6.67. The van der Waals surface area contributed by atoms with E-state index in [1.807, 2.05) is 30.3 Å². The number of hydrogen-bond donors (Lipinski definition) is 2. The van der Waals surface area contributed by atoms with Crippen LogP contribution >= 0.6 is 0 Å². The summed E-state index contributed by atoms with van der Waals surface area (Å²) in [5.74, 6) is -0.814. The summed E-state index contributed by atoms with van der Waals surface area (Å²) in [4.78, 5) is 36.6. The Hall–Kier alpha value is -2.41. The average Bonchev–Trinajstić information content (AvgIpc) is 3.43. The molecule has 0 saturated carbocycles. The molecule has 1 aromatic rings. The van der Waals surface area contributed by atoms with Crippen LogP contribution in [0.25, 0.3) is 0 Å². The van der Waals surface area contributed by atoms with Crippen molar-refractivity contribution in [3.8, 4) is 0 Å². The normalized spacial score (nSPS) is 19.3. The zero-order valence-corrected chi connectivity index (χ0v) is 16.1. The molecule has 0 spiro atoms. The number of nitrogens with one attached hydrogen (secondary N) is 2. The molecule has 27 heavy (non-hydrogen) atoms. The lowest BCUT2D eigenvalue weighted by Gasteiger charge is -2.18. The van der Waals surface area contributed by atoms with Gasteiger partial charge in [0.2, 0.25) is 5.91 Å². The lowest BCUT2D eigenvalue weighted by Crippen LogP contribution is -2.50. The summed E-state index contributed by atoms with van der Waals surface area (Å²) < 4.78 is 9.96. The van der Waals surface area contributed by atoms with E-state index in [1.165, 1.54) is 0 Å². The van der Waals surface area contributed by atoms with Gasteiger partial charge in [0.05, 0.1) is 6.61 Å². The maximum atomic E-state index is 12.6. The highest BCUT2D eigenvalue weighted by molar-refractivity contribution is 5.95. The summed E-state index contributed by atoms with van der Waals surface area (Å²) in [5.41, 5.74) is 0.931. The molecule has 2 N–H and O–H groups in total. The van der Waals surface area contributed by atoms with Gasteiger partial charge in [-0.1, -0.05) is 44.2 Å². The second kappa shape index (κ2) is 10.1. The molecular weight excluding hydrogens is 348 g/mol. The molecule has 0 aliphatic carbocycles. The van der Waals surface area contributed by atoms with Crippen LogP contribution in [0.2, 0.25) is 0 Å². The van der Waals surface area contributed by atoms with Crippen LogP contribution in [0, 0.1) is 5.92 Å². The molecule has 0 bridgehead atoms. The van der Waals surface area contributed by atoms with Crippen LogP contribution in [-0.2, 0) is 30.3 Å². The third-order valence-corrected chi connectivity index (χ3v) is 4.21. The number of hydrogen-bond acceptors (Lipinski definition) is 5. The van der Waals surface area contributed by atoms with Crippen molar-refractivity contribution in [1.29, 1.82) is 0 Å². The Morgan fingerprint density at radius 1 is 1.15 bits per heavy atom. The van der Waals surface area contributed by atoms with E-state index in [0.717, 1.165) is 12.0 Å². The highest BCUT2D eigenvalue weighted by Crippen LogP contribution is 2.24. The van der Waals surface area contributed by atoms with Gasteiger partial charge in [0.1, 0.15) is 6.04 Å². The van der Waals surface area contributed by atoms with E-state index in [4.69, 9.17) is 9.47 Å². The number of epoxide rings is 1. The zero-order chi connectivity index (χ0) is 19.8. The van der Waals surface area contributed by atoms with Crippen molar-refractivity contribution in [3.63, 3.8) is 0 Å². The van der Waals surface area contributed by atoms with Gasteiger partial charge in [0, 0.05) is 13.0 Å². The van der Waals surface area contributed by atoms with Crippen molar-refractivity contribution in [1.82, 2.24) is 10.6 Å². The quantitative estimate of drug-likeness (QED) is 0.473. The van der Waals surface area contributed by atoms with E-state index < -0.39 is 30.1 Å². The number of esters is 1. The van der Waals surface area contributed by atoms with Gasteiger partial charge in [-0.3, -0.25) is 9.59 Å². The van der Waals surface area contributed by atoms with Gasteiger partial charge >= 0.3 is 5.97 Å². The average molecular weight is 376 g/mol. The van der Waals surface area contributed by atoms with Crippen molar-refractivity contribution in [2.45, 2.75) is 51.9 Å². The van der Waals surface area contributed by atoms with E-state index in [9.17, 15) is 14.4 Å². The van der Waals surface area contributed by atoms with E-state index >= 15 is 0 Å². The number of carbonyl (C=O) groups is 3. The summed E-state index contributed by atoms with van der Waals surface area (Å²) in [5, 5.41) is 5.58. The molecule has 1 fully saturated rings. The molecule has 7 nitrogen and oxygen atoms in total. The smallest absolute Gasteiger partial charge is 0.338 e. The van der Waals surface area contributed by atoms with Crippen LogP contribution in [0.3, 0.4) is 0 Å². The molecule has 1 heterocycles. The fourth-order valence-electron chi connectivity index (χ4n) is 2.64. The van der Waals surface area contributed by atoms with Crippen LogP contribution in [0.5, 0.6) is 0 Å². The third-order valence-electron chi connectivity index (χ3n) is 4.21. The van der Waals surface area contributed by atoms with E-state index in [1.54, 1.807) is 6.92 Å². The molecule has 1 saturated heterocycles. The molecule has 148 valence electrons. The topological polar surface area (TPSA) is 97.0 Å². The Labute approximate surface area is 159 Å². The molecule has 1 aliphatic rings. The van der Waals surface area contributed by atoms with E-state index in [2.05, 4.69) is 24.5 Å². The van der Waals surface area contributed by atoms with Gasteiger partial charge in [-0.05, 0) is 24.8 Å². The largest absolute Gasteiger partial charge is 0.464 e. The molecule has 0 unspecified atom stereocenters. The van der Waals surface area contributed by atoms with Gasteiger partial charge in [-0.25, -0.2) is 4.79 Å². The van der Waals surface area contributed by atoms with Crippen LogP contribution < -0.4 is 10.6 Å². The molecule has 1 aromatic carbocycles. The predicted molar refractivity (Wildman–Crippen MR) is 99.8 cm³/mol. The second-order valence-electron chi connectivity index (χ2n) is 6.95. The number of amides is 2. The van der Waals surface area contributed by atoms with E-state index in [-0.39, 0.29) is 12.5 Å². The Kier molecular flexibility index (Phi) is 7.79. The first kappa shape index (κ1) is 20.9. The summed E-state index contributed by atoms with van der Waals surface area (Å²) in [6, 6.07) is 8.71. The second-order valence-corrected chi connectivity index (χ2v) is 6.95. The highest BCUT2D eigenvalue weighted by Gasteiger charge is 2.52. The molecule has 2 amide bonds. The number of carbonyl (C=O) groups excluding carboxylic acids is 3. The van der Waals surface area contributed by atoms with Crippen molar-refractivity contribution in [2.24, 2.45) is 5.92 Å². The monoisotopic (exact) mass is 376 g/mol. The summed E-state index contributed by atoms with van der Waals surface area (Å²) in [6.07, 6.45) is -0.567. The Morgan fingerprint density at radius 2 is 1.85 bits per heavy atom. The van der Waals surface area contributed by atoms with Gasteiger partial charge < -0.3 is 20.1 Å². The molecular formula is C20H28N2O5.